The number of rotatable bonds is 0. The van der Waals surface area contributed by atoms with E-state index in [0.717, 1.165) is 24.6 Å². The predicted octanol–water partition coefficient (Wildman–Crippen LogP) is 3.37. The monoisotopic (exact) mass is 263 g/mol. The number of benzene rings is 1. The van der Waals surface area contributed by atoms with E-state index in [9.17, 15) is 0 Å². The molecular weight excluding hydrogens is 242 g/mol. The highest BCUT2D eigenvalue weighted by Crippen LogP contribution is 2.51. The van der Waals surface area contributed by atoms with Crippen LogP contribution in [0, 0.1) is 5.92 Å². The normalized spacial score (nSPS) is 33.8. The summed E-state index contributed by atoms with van der Waals surface area (Å²) in [4.78, 5) is 0.0465. The number of para-hydroxylation sites is 1. The molecule has 2 atom stereocenters. The standard InChI is InChI=1S/C15H21NOS/c1-11-8-16-15(18-9-11)10-14(2,3)17-13-7-5-4-6-12(13)15/h4-7,11,16H,8-10H2,1-3H3. The van der Waals surface area contributed by atoms with Gasteiger partial charge in [0.05, 0.1) is 4.87 Å². The van der Waals surface area contributed by atoms with E-state index in [2.05, 4.69) is 50.4 Å². The molecule has 2 nitrogen and oxygen atoms in total. The Bertz CT molecular complexity index is 450. The summed E-state index contributed by atoms with van der Waals surface area (Å²) in [5.41, 5.74) is 1.22. The summed E-state index contributed by atoms with van der Waals surface area (Å²) in [7, 11) is 0. The Balaban J connectivity index is 2.03. The van der Waals surface area contributed by atoms with Gasteiger partial charge in [-0.25, -0.2) is 0 Å². The zero-order valence-electron chi connectivity index (χ0n) is 11.3. The second kappa shape index (κ2) is 4.17. The van der Waals surface area contributed by atoms with E-state index >= 15 is 0 Å². The summed E-state index contributed by atoms with van der Waals surface area (Å²) in [5, 5.41) is 3.78. The van der Waals surface area contributed by atoms with Crippen LogP contribution in [0.15, 0.2) is 24.3 Å². The first-order chi connectivity index (χ1) is 8.51. The Hall–Kier alpha value is -0.670. The van der Waals surface area contributed by atoms with Crippen molar-refractivity contribution in [2.75, 3.05) is 12.3 Å². The number of nitrogens with one attached hydrogen (secondary N) is 1. The van der Waals surface area contributed by atoms with Crippen molar-refractivity contribution in [1.29, 1.82) is 0 Å². The highest BCUT2D eigenvalue weighted by molar-refractivity contribution is 8.00. The molecule has 2 heterocycles. The van der Waals surface area contributed by atoms with Gasteiger partial charge in [-0.15, -0.1) is 11.8 Å². The van der Waals surface area contributed by atoms with Crippen LogP contribution >= 0.6 is 11.8 Å². The molecule has 0 aliphatic carbocycles. The first-order valence-electron chi connectivity index (χ1n) is 6.68. The maximum Gasteiger partial charge on any atom is 0.126 e. The molecule has 0 bridgehead atoms. The van der Waals surface area contributed by atoms with Gasteiger partial charge in [0.25, 0.3) is 0 Å². The summed E-state index contributed by atoms with van der Waals surface area (Å²) in [6.45, 7) is 7.77. The number of hydrogen-bond acceptors (Lipinski definition) is 3. The molecule has 0 aromatic heterocycles. The average molecular weight is 263 g/mol. The predicted molar refractivity (Wildman–Crippen MR) is 77.1 cm³/mol. The van der Waals surface area contributed by atoms with E-state index in [0.29, 0.717) is 0 Å². The Morgan fingerprint density at radius 1 is 1.33 bits per heavy atom. The zero-order chi connectivity index (χ0) is 12.8. The molecule has 1 aromatic rings. The van der Waals surface area contributed by atoms with Gasteiger partial charge >= 0.3 is 0 Å². The molecule has 2 aliphatic rings. The first kappa shape index (κ1) is 12.4. The Kier molecular flexibility index (Phi) is 2.87. The molecule has 98 valence electrons. The molecule has 2 aliphatic heterocycles. The highest BCUT2D eigenvalue weighted by atomic mass is 32.2. The second-order valence-corrected chi connectivity index (χ2v) is 7.48. The molecular formula is C15H21NOS. The summed E-state index contributed by atoms with van der Waals surface area (Å²) < 4.78 is 6.12. The van der Waals surface area contributed by atoms with E-state index in [4.69, 9.17) is 4.74 Å². The largest absolute Gasteiger partial charge is 0.487 e. The Morgan fingerprint density at radius 3 is 2.83 bits per heavy atom. The van der Waals surface area contributed by atoms with E-state index < -0.39 is 0 Å². The lowest BCUT2D eigenvalue weighted by Gasteiger charge is -2.49. The lowest BCUT2D eigenvalue weighted by Crippen LogP contribution is -2.54. The van der Waals surface area contributed by atoms with Gasteiger partial charge < -0.3 is 4.74 Å². The zero-order valence-corrected chi connectivity index (χ0v) is 12.1. The van der Waals surface area contributed by atoms with Crippen molar-refractivity contribution in [1.82, 2.24) is 5.32 Å². The topological polar surface area (TPSA) is 21.3 Å². The number of hydrogen-bond donors (Lipinski definition) is 1. The minimum absolute atomic E-state index is 0.0465. The van der Waals surface area contributed by atoms with Crippen molar-refractivity contribution in [2.24, 2.45) is 5.92 Å². The molecule has 0 saturated carbocycles. The maximum absolute atomic E-state index is 6.12. The average Bonchev–Trinajstić information content (AvgIpc) is 2.32. The van der Waals surface area contributed by atoms with Crippen LogP contribution < -0.4 is 10.1 Å². The minimum atomic E-state index is -0.102. The molecule has 0 amide bonds. The Labute approximate surface area is 113 Å². The lowest BCUT2D eigenvalue weighted by atomic mass is 9.88. The fourth-order valence-corrected chi connectivity index (χ4v) is 4.58. The van der Waals surface area contributed by atoms with Crippen molar-refractivity contribution in [2.45, 2.75) is 37.7 Å². The van der Waals surface area contributed by atoms with Crippen LogP contribution in [0.3, 0.4) is 0 Å². The van der Waals surface area contributed by atoms with E-state index in [1.165, 1.54) is 11.3 Å². The first-order valence-corrected chi connectivity index (χ1v) is 7.67. The van der Waals surface area contributed by atoms with Crippen LogP contribution in [-0.2, 0) is 4.87 Å². The summed E-state index contributed by atoms with van der Waals surface area (Å²) in [6.07, 6.45) is 1.02. The lowest BCUT2D eigenvalue weighted by molar-refractivity contribution is 0.0562. The third kappa shape index (κ3) is 2.04. The molecule has 1 aromatic carbocycles. The fraction of sp³-hybridized carbons (Fsp3) is 0.600. The molecule has 1 saturated heterocycles. The minimum Gasteiger partial charge on any atom is -0.487 e. The van der Waals surface area contributed by atoms with Crippen molar-refractivity contribution >= 4 is 11.8 Å². The van der Waals surface area contributed by atoms with Gasteiger partial charge in [-0.2, -0.15) is 0 Å². The van der Waals surface area contributed by atoms with Crippen LogP contribution in [0.2, 0.25) is 0 Å². The molecule has 3 heteroatoms. The van der Waals surface area contributed by atoms with Crippen molar-refractivity contribution < 1.29 is 4.74 Å². The SMILES string of the molecule is CC1CNC2(CC(C)(C)Oc3ccccc32)SC1. The molecule has 1 fully saturated rings. The smallest absolute Gasteiger partial charge is 0.126 e. The number of thioether (sulfide) groups is 1. The fourth-order valence-electron chi connectivity index (χ4n) is 2.94. The molecule has 0 radical (unpaired) electrons. The highest BCUT2D eigenvalue weighted by Gasteiger charge is 2.47. The Morgan fingerprint density at radius 2 is 2.11 bits per heavy atom. The van der Waals surface area contributed by atoms with Gasteiger partial charge in [0, 0.05) is 18.5 Å². The van der Waals surface area contributed by atoms with Crippen LogP contribution in [0.1, 0.15) is 32.8 Å². The summed E-state index contributed by atoms with van der Waals surface area (Å²) in [6, 6.07) is 8.48. The van der Waals surface area contributed by atoms with Crippen LogP contribution in [0.4, 0.5) is 0 Å². The summed E-state index contributed by atoms with van der Waals surface area (Å²) >= 11 is 2.05. The van der Waals surface area contributed by atoms with Gasteiger partial charge in [-0.1, -0.05) is 25.1 Å². The van der Waals surface area contributed by atoms with Crippen LogP contribution in [0.25, 0.3) is 0 Å². The van der Waals surface area contributed by atoms with E-state index in [1.807, 2.05) is 11.8 Å². The quantitative estimate of drug-likeness (QED) is 0.775. The third-order valence-electron chi connectivity index (χ3n) is 3.73. The van der Waals surface area contributed by atoms with Gasteiger partial charge in [-0.3, -0.25) is 5.32 Å². The number of fused-ring (bicyclic) bond motifs is 2. The van der Waals surface area contributed by atoms with Crippen molar-refractivity contribution in [3.05, 3.63) is 29.8 Å². The van der Waals surface area contributed by atoms with Gasteiger partial charge in [0.15, 0.2) is 0 Å². The molecule has 3 rings (SSSR count). The van der Waals surface area contributed by atoms with E-state index in [-0.39, 0.29) is 10.5 Å². The third-order valence-corrected chi connectivity index (χ3v) is 5.47. The molecule has 18 heavy (non-hydrogen) atoms. The summed E-state index contributed by atoms with van der Waals surface area (Å²) in [5.74, 6) is 3.01. The van der Waals surface area contributed by atoms with Gasteiger partial charge in [-0.05, 0) is 31.6 Å². The second-order valence-electron chi connectivity index (χ2n) is 6.16. The van der Waals surface area contributed by atoms with Gasteiger partial charge in [0.2, 0.25) is 0 Å². The van der Waals surface area contributed by atoms with Crippen LogP contribution in [0.5, 0.6) is 5.75 Å². The number of ether oxygens (including phenoxy) is 1. The van der Waals surface area contributed by atoms with Crippen molar-refractivity contribution in [3.63, 3.8) is 0 Å². The van der Waals surface area contributed by atoms with Gasteiger partial charge in [0.1, 0.15) is 11.4 Å². The maximum atomic E-state index is 6.12. The molecule has 2 unspecified atom stereocenters. The molecule has 1 spiro atoms. The van der Waals surface area contributed by atoms with Crippen LogP contribution in [-0.4, -0.2) is 17.9 Å². The molecule has 1 N–H and O–H groups in total. The van der Waals surface area contributed by atoms with Crippen molar-refractivity contribution in [3.8, 4) is 5.75 Å². The van der Waals surface area contributed by atoms with E-state index in [1.54, 1.807) is 0 Å².